The molecule has 7 nitrogen and oxygen atoms in total. The average Bonchev–Trinajstić information content (AvgIpc) is 3.08. The number of methoxy groups -OCH3 is 2. The van der Waals surface area contributed by atoms with Gasteiger partial charge in [0.1, 0.15) is 17.3 Å². The van der Waals surface area contributed by atoms with Gasteiger partial charge >= 0.3 is 6.01 Å². The van der Waals surface area contributed by atoms with E-state index in [1.807, 2.05) is 25.1 Å². The van der Waals surface area contributed by atoms with E-state index >= 15 is 0 Å². The van der Waals surface area contributed by atoms with E-state index < -0.39 is 0 Å². The van der Waals surface area contributed by atoms with Gasteiger partial charge < -0.3 is 19.8 Å². The van der Waals surface area contributed by atoms with Crippen molar-refractivity contribution >= 4 is 5.82 Å². The summed E-state index contributed by atoms with van der Waals surface area (Å²) in [6, 6.07) is 10.2. The number of H-pyrrole nitrogens is 1. The number of aryl methyl sites for hydroxylation is 1. The largest absolute Gasteiger partial charge is 0.497 e. The lowest BCUT2D eigenvalue weighted by molar-refractivity contribution is 0.381. The molecule has 0 atom stereocenters. The van der Waals surface area contributed by atoms with Crippen LogP contribution in [0.1, 0.15) is 11.3 Å². The quantitative estimate of drug-likeness (QED) is 0.688. The fourth-order valence-corrected chi connectivity index (χ4v) is 2.40. The van der Waals surface area contributed by atoms with E-state index in [0.29, 0.717) is 23.3 Å². The summed E-state index contributed by atoms with van der Waals surface area (Å²) in [6.07, 6.45) is 2.63. The molecule has 0 unspecified atom stereocenters. The predicted molar refractivity (Wildman–Crippen MR) is 96.1 cm³/mol. The summed E-state index contributed by atoms with van der Waals surface area (Å²) < 4.78 is 10.4. The van der Waals surface area contributed by atoms with Crippen LogP contribution in [0, 0.1) is 6.92 Å². The van der Waals surface area contributed by atoms with Gasteiger partial charge in [-0.1, -0.05) is 12.1 Å². The molecule has 0 aliphatic rings. The van der Waals surface area contributed by atoms with Crippen molar-refractivity contribution in [3.8, 4) is 23.3 Å². The molecule has 3 rings (SSSR count). The lowest BCUT2D eigenvalue weighted by atomic mass is 10.1. The Morgan fingerprint density at radius 3 is 2.52 bits per heavy atom. The van der Waals surface area contributed by atoms with Gasteiger partial charge in [0.25, 0.3) is 0 Å². The van der Waals surface area contributed by atoms with Crippen LogP contribution in [0.15, 0.2) is 36.5 Å². The second kappa shape index (κ2) is 7.65. The highest BCUT2D eigenvalue weighted by Crippen LogP contribution is 2.20. The van der Waals surface area contributed by atoms with Crippen molar-refractivity contribution < 1.29 is 9.47 Å². The van der Waals surface area contributed by atoms with Gasteiger partial charge in [-0.05, 0) is 31.0 Å². The number of hydrogen-bond acceptors (Lipinski definition) is 6. The number of ether oxygens (including phenoxy) is 2. The molecule has 7 heteroatoms. The summed E-state index contributed by atoms with van der Waals surface area (Å²) in [6.45, 7) is 2.69. The van der Waals surface area contributed by atoms with Gasteiger partial charge in [-0.15, -0.1) is 0 Å². The van der Waals surface area contributed by atoms with E-state index in [-0.39, 0.29) is 0 Å². The summed E-state index contributed by atoms with van der Waals surface area (Å²) in [5.74, 6) is 2.25. The summed E-state index contributed by atoms with van der Waals surface area (Å²) >= 11 is 0. The number of benzene rings is 1. The van der Waals surface area contributed by atoms with Gasteiger partial charge in [0, 0.05) is 24.5 Å². The number of nitrogens with zero attached hydrogens (tertiary/aromatic N) is 3. The fraction of sp³-hybridized carbons (Fsp3) is 0.278. The summed E-state index contributed by atoms with van der Waals surface area (Å²) in [5.41, 5.74) is 2.88. The SMILES string of the molecule is COc1ccc(CCNc2cc(-c3ncc(C)[nH]3)nc(OC)n2)cc1. The Bertz CT molecular complexity index is 830. The van der Waals surface area contributed by atoms with Crippen molar-refractivity contribution in [1.82, 2.24) is 19.9 Å². The first-order valence-electron chi connectivity index (χ1n) is 8.00. The van der Waals surface area contributed by atoms with Gasteiger partial charge in [0.2, 0.25) is 0 Å². The zero-order valence-corrected chi connectivity index (χ0v) is 14.5. The Morgan fingerprint density at radius 1 is 1.08 bits per heavy atom. The Balaban J connectivity index is 1.68. The van der Waals surface area contributed by atoms with Crippen molar-refractivity contribution in [2.45, 2.75) is 13.3 Å². The summed E-state index contributed by atoms with van der Waals surface area (Å²) in [7, 11) is 3.21. The van der Waals surface area contributed by atoms with Crippen molar-refractivity contribution in [3.63, 3.8) is 0 Å². The number of aromatic nitrogens is 4. The molecule has 2 aromatic heterocycles. The molecule has 0 aliphatic carbocycles. The van der Waals surface area contributed by atoms with Gasteiger partial charge in [-0.25, -0.2) is 4.98 Å². The molecule has 0 amide bonds. The van der Waals surface area contributed by atoms with E-state index in [2.05, 4.69) is 37.4 Å². The lowest BCUT2D eigenvalue weighted by Gasteiger charge is -2.09. The van der Waals surface area contributed by atoms with Crippen molar-refractivity contribution in [2.75, 3.05) is 26.1 Å². The standard InChI is InChI=1S/C18H21N5O2/c1-12-11-20-17(21-12)15-10-16(23-18(22-15)25-3)19-9-8-13-4-6-14(24-2)7-5-13/h4-7,10-11H,8-9H2,1-3H3,(H,20,21)(H,19,22,23). The number of hydrogen-bond donors (Lipinski definition) is 2. The second-order valence-corrected chi connectivity index (χ2v) is 5.56. The van der Waals surface area contributed by atoms with Crippen molar-refractivity contribution in [3.05, 3.63) is 47.8 Å². The molecule has 0 bridgehead atoms. The van der Waals surface area contributed by atoms with Crippen LogP contribution in [-0.4, -0.2) is 40.7 Å². The molecule has 2 heterocycles. The molecule has 1 aromatic carbocycles. The summed E-state index contributed by atoms with van der Waals surface area (Å²) in [4.78, 5) is 16.1. The van der Waals surface area contributed by atoms with Crippen LogP contribution in [0.2, 0.25) is 0 Å². The Kier molecular flexibility index (Phi) is 5.13. The molecule has 0 saturated carbocycles. The van der Waals surface area contributed by atoms with E-state index in [4.69, 9.17) is 9.47 Å². The van der Waals surface area contributed by atoms with Gasteiger partial charge in [-0.3, -0.25) is 0 Å². The zero-order valence-electron chi connectivity index (χ0n) is 14.5. The molecule has 2 N–H and O–H groups in total. The van der Waals surface area contributed by atoms with Gasteiger partial charge in [0.05, 0.1) is 14.2 Å². The minimum absolute atomic E-state index is 0.304. The normalized spacial score (nSPS) is 10.5. The van der Waals surface area contributed by atoms with Crippen molar-refractivity contribution in [1.29, 1.82) is 0 Å². The van der Waals surface area contributed by atoms with E-state index in [1.54, 1.807) is 20.4 Å². The number of imidazole rings is 1. The molecular formula is C18H21N5O2. The third-order valence-electron chi connectivity index (χ3n) is 3.71. The topological polar surface area (TPSA) is 85.0 Å². The van der Waals surface area contributed by atoms with Gasteiger partial charge in [-0.2, -0.15) is 9.97 Å². The molecule has 130 valence electrons. The highest BCUT2D eigenvalue weighted by Gasteiger charge is 2.09. The monoisotopic (exact) mass is 339 g/mol. The molecule has 3 aromatic rings. The molecule has 0 aliphatic heterocycles. The van der Waals surface area contributed by atoms with Crippen LogP contribution in [-0.2, 0) is 6.42 Å². The maximum atomic E-state index is 5.20. The highest BCUT2D eigenvalue weighted by molar-refractivity contribution is 5.56. The summed E-state index contributed by atoms with van der Waals surface area (Å²) in [5, 5.41) is 3.31. The fourth-order valence-electron chi connectivity index (χ4n) is 2.40. The predicted octanol–water partition coefficient (Wildman–Crippen LogP) is 2.85. The molecule has 0 saturated heterocycles. The molecular weight excluding hydrogens is 318 g/mol. The van der Waals surface area contributed by atoms with E-state index in [1.165, 1.54) is 5.56 Å². The maximum Gasteiger partial charge on any atom is 0.318 e. The minimum atomic E-state index is 0.304. The number of nitrogens with one attached hydrogen (secondary N) is 2. The number of rotatable bonds is 7. The van der Waals surface area contributed by atoms with E-state index in [9.17, 15) is 0 Å². The molecule has 25 heavy (non-hydrogen) atoms. The van der Waals surface area contributed by atoms with Crippen LogP contribution in [0.4, 0.5) is 5.82 Å². The first-order chi connectivity index (χ1) is 12.2. The second-order valence-electron chi connectivity index (χ2n) is 5.56. The van der Waals surface area contributed by atoms with Crippen LogP contribution in [0.25, 0.3) is 11.5 Å². The van der Waals surface area contributed by atoms with E-state index in [0.717, 1.165) is 24.4 Å². The smallest absolute Gasteiger partial charge is 0.318 e. The molecule has 0 fully saturated rings. The number of aromatic amines is 1. The Morgan fingerprint density at radius 2 is 1.88 bits per heavy atom. The molecule has 0 radical (unpaired) electrons. The zero-order chi connectivity index (χ0) is 17.6. The van der Waals surface area contributed by atoms with Crippen LogP contribution in [0.3, 0.4) is 0 Å². The third kappa shape index (κ3) is 4.26. The third-order valence-corrected chi connectivity index (χ3v) is 3.71. The van der Waals surface area contributed by atoms with Crippen LogP contribution < -0.4 is 14.8 Å². The Hall–Kier alpha value is -3.09. The molecule has 0 spiro atoms. The lowest BCUT2D eigenvalue weighted by Crippen LogP contribution is -2.08. The average molecular weight is 339 g/mol. The van der Waals surface area contributed by atoms with Gasteiger partial charge in [0.15, 0.2) is 5.82 Å². The van der Waals surface area contributed by atoms with Crippen molar-refractivity contribution in [2.24, 2.45) is 0 Å². The first kappa shape index (κ1) is 16.8. The minimum Gasteiger partial charge on any atom is -0.497 e. The van der Waals surface area contributed by atoms with Crippen LogP contribution in [0.5, 0.6) is 11.8 Å². The highest BCUT2D eigenvalue weighted by atomic mass is 16.5. The van der Waals surface area contributed by atoms with Crippen LogP contribution >= 0.6 is 0 Å². The number of anilines is 1. The Labute approximate surface area is 146 Å². The first-order valence-corrected chi connectivity index (χ1v) is 8.00. The maximum absolute atomic E-state index is 5.20.